The van der Waals surface area contributed by atoms with Gasteiger partial charge in [0.15, 0.2) is 0 Å². The summed E-state index contributed by atoms with van der Waals surface area (Å²) in [5.74, 6) is 1.22. The van der Waals surface area contributed by atoms with E-state index < -0.39 is 6.04 Å². The van der Waals surface area contributed by atoms with Gasteiger partial charge in [0.1, 0.15) is 11.8 Å². The van der Waals surface area contributed by atoms with E-state index >= 15 is 0 Å². The molecule has 0 aliphatic rings. The van der Waals surface area contributed by atoms with Crippen LogP contribution in [-0.4, -0.2) is 29.3 Å². The van der Waals surface area contributed by atoms with Gasteiger partial charge in [-0.1, -0.05) is 26.0 Å². The number of benzene rings is 1. The first-order chi connectivity index (χ1) is 11.5. The van der Waals surface area contributed by atoms with Gasteiger partial charge in [-0.05, 0) is 30.7 Å². The molecular formula is C18H26N4O2. The molecule has 0 saturated heterocycles. The molecule has 1 aromatic heterocycles. The fraction of sp³-hybridized carbons (Fsp3) is 0.444. The van der Waals surface area contributed by atoms with Crippen LogP contribution in [0.5, 0.6) is 5.75 Å². The summed E-state index contributed by atoms with van der Waals surface area (Å²) in [6.07, 6.45) is 3.53. The van der Waals surface area contributed by atoms with Crippen LogP contribution < -0.4 is 15.4 Å². The van der Waals surface area contributed by atoms with E-state index in [-0.39, 0.29) is 5.91 Å². The maximum Gasteiger partial charge on any atom is 0.242 e. The van der Waals surface area contributed by atoms with Gasteiger partial charge in [-0.15, -0.1) is 0 Å². The van der Waals surface area contributed by atoms with E-state index in [9.17, 15) is 4.79 Å². The molecule has 24 heavy (non-hydrogen) atoms. The quantitative estimate of drug-likeness (QED) is 0.777. The van der Waals surface area contributed by atoms with E-state index in [0.29, 0.717) is 19.1 Å². The van der Waals surface area contributed by atoms with Crippen molar-refractivity contribution in [2.75, 3.05) is 13.7 Å². The third-order valence-corrected chi connectivity index (χ3v) is 3.56. The van der Waals surface area contributed by atoms with Crippen LogP contribution in [0.2, 0.25) is 0 Å². The summed E-state index contributed by atoms with van der Waals surface area (Å²) in [7, 11) is 3.59. The smallest absolute Gasteiger partial charge is 0.242 e. The molecule has 1 aromatic carbocycles. The Morgan fingerprint density at radius 3 is 2.79 bits per heavy atom. The Kier molecular flexibility index (Phi) is 6.37. The van der Waals surface area contributed by atoms with Crippen molar-refractivity contribution in [1.82, 2.24) is 20.4 Å². The van der Waals surface area contributed by atoms with Gasteiger partial charge in [-0.25, -0.2) is 0 Å². The first-order valence-corrected chi connectivity index (χ1v) is 8.15. The van der Waals surface area contributed by atoms with Crippen molar-refractivity contribution in [3.63, 3.8) is 0 Å². The molecule has 6 heteroatoms. The molecule has 1 unspecified atom stereocenters. The van der Waals surface area contributed by atoms with Crippen molar-refractivity contribution < 1.29 is 9.53 Å². The van der Waals surface area contributed by atoms with Crippen molar-refractivity contribution in [3.05, 3.63) is 47.8 Å². The predicted octanol–water partition coefficient (Wildman–Crippen LogP) is 2.03. The highest BCUT2D eigenvalue weighted by atomic mass is 16.5. The molecule has 1 atom stereocenters. The number of amides is 1. The van der Waals surface area contributed by atoms with Crippen LogP contribution in [0.15, 0.2) is 36.7 Å². The predicted molar refractivity (Wildman–Crippen MR) is 93.6 cm³/mol. The topological polar surface area (TPSA) is 68.2 Å². The molecule has 1 amide bonds. The molecular weight excluding hydrogens is 304 g/mol. The third-order valence-electron chi connectivity index (χ3n) is 3.56. The normalized spacial score (nSPS) is 12.2. The fourth-order valence-corrected chi connectivity index (χ4v) is 2.34. The van der Waals surface area contributed by atoms with Crippen LogP contribution in [0.4, 0.5) is 0 Å². The summed E-state index contributed by atoms with van der Waals surface area (Å²) in [5, 5.41) is 10.1. The van der Waals surface area contributed by atoms with Crippen molar-refractivity contribution in [3.8, 4) is 5.75 Å². The summed E-state index contributed by atoms with van der Waals surface area (Å²) in [5.41, 5.74) is 1.84. The van der Waals surface area contributed by atoms with Gasteiger partial charge >= 0.3 is 0 Å². The van der Waals surface area contributed by atoms with Crippen LogP contribution >= 0.6 is 0 Å². The van der Waals surface area contributed by atoms with E-state index in [1.165, 1.54) is 0 Å². The van der Waals surface area contributed by atoms with Crippen molar-refractivity contribution in [2.24, 2.45) is 13.0 Å². The summed E-state index contributed by atoms with van der Waals surface area (Å²) in [4.78, 5) is 12.4. The molecule has 2 aromatic rings. The lowest BCUT2D eigenvalue weighted by Crippen LogP contribution is -2.35. The van der Waals surface area contributed by atoms with Crippen molar-refractivity contribution in [1.29, 1.82) is 0 Å². The van der Waals surface area contributed by atoms with Crippen LogP contribution in [0, 0.1) is 5.92 Å². The Morgan fingerprint density at radius 1 is 1.38 bits per heavy atom. The fourth-order valence-electron chi connectivity index (χ4n) is 2.34. The lowest BCUT2D eigenvalue weighted by atomic mass is 10.1. The maximum atomic E-state index is 12.4. The van der Waals surface area contributed by atoms with Gasteiger partial charge in [0.2, 0.25) is 5.91 Å². The van der Waals surface area contributed by atoms with Gasteiger partial charge in [-0.2, -0.15) is 5.10 Å². The first-order valence-electron chi connectivity index (χ1n) is 8.15. The molecule has 0 radical (unpaired) electrons. The highest BCUT2D eigenvalue weighted by Gasteiger charge is 2.19. The Morgan fingerprint density at radius 2 is 2.17 bits per heavy atom. The number of carbonyl (C=O) groups is 1. The Hall–Kier alpha value is -2.34. The van der Waals surface area contributed by atoms with Crippen molar-refractivity contribution in [2.45, 2.75) is 26.4 Å². The molecule has 130 valence electrons. The maximum absolute atomic E-state index is 12.4. The summed E-state index contributed by atoms with van der Waals surface area (Å²) < 4.78 is 7.40. The van der Waals surface area contributed by atoms with Gasteiger partial charge in [0.25, 0.3) is 0 Å². The molecule has 0 spiro atoms. The monoisotopic (exact) mass is 330 g/mol. The van der Waals surface area contributed by atoms with Gasteiger partial charge in [-0.3, -0.25) is 9.48 Å². The third kappa shape index (κ3) is 5.09. The average Bonchev–Trinajstić information content (AvgIpc) is 2.98. The second kappa shape index (κ2) is 8.49. The zero-order valence-corrected chi connectivity index (χ0v) is 14.7. The van der Waals surface area contributed by atoms with E-state index in [1.807, 2.05) is 37.5 Å². The summed E-state index contributed by atoms with van der Waals surface area (Å²) in [6, 6.07) is 7.38. The second-order valence-electron chi connectivity index (χ2n) is 6.24. The largest absolute Gasteiger partial charge is 0.493 e. The molecule has 2 N–H and O–H groups in total. The number of hydrogen-bond acceptors (Lipinski definition) is 4. The lowest BCUT2D eigenvalue weighted by molar-refractivity contribution is -0.123. The molecule has 0 bridgehead atoms. The molecule has 0 fully saturated rings. The van der Waals surface area contributed by atoms with Crippen LogP contribution in [0.25, 0.3) is 0 Å². The average molecular weight is 330 g/mol. The number of carbonyl (C=O) groups excluding carboxylic acids is 1. The molecule has 0 saturated carbocycles. The summed E-state index contributed by atoms with van der Waals surface area (Å²) in [6.45, 7) is 5.36. The standard InChI is InChI=1S/C18H26N4O2/c1-13(2)12-24-16-7-5-6-14(8-16)9-20-18(23)17(19-3)15-10-21-22(4)11-15/h5-8,10-11,13,17,19H,9,12H2,1-4H3,(H,20,23). The number of aryl methyl sites for hydroxylation is 1. The first kappa shape index (κ1) is 18.0. The molecule has 0 aliphatic heterocycles. The Balaban J connectivity index is 1.94. The SMILES string of the molecule is CNC(C(=O)NCc1cccc(OCC(C)C)c1)c1cnn(C)c1. The summed E-state index contributed by atoms with van der Waals surface area (Å²) >= 11 is 0. The number of likely N-dealkylation sites (N-methyl/N-ethyl adjacent to an activating group) is 1. The number of aromatic nitrogens is 2. The van der Waals surface area contributed by atoms with E-state index in [1.54, 1.807) is 17.9 Å². The Bertz CT molecular complexity index is 667. The minimum Gasteiger partial charge on any atom is -0.493 e. The van der Waals surface area contributed by atoms with Crippen molar-refractivity contribution >= 4 is 5.91 Å². The van der Waals surface area contributed by atoms with Gasteiger partial charge in [0.05, 0.1) is 12.8 Å². The number of rotatable bonds is 8. The van der Waals surface area contributed by atoms with E-state index in [2.05, 4.69) is 29.6 Å². The number of nitrogens with one attached hydrogen (secondary N) is 2. The molecule has 2 rings (SSSR count). The minimum absolute atomic E-state index is 0.0843. The zero-order chi connectivity index (χ0) is 17.5. The zero-order valence-electron chi connectivity index (χ0n) is 14.7. The van der Waals surface area contributed by atoms with Crippen LogP contribution in [0.1, 0.15) is 31.0 Å². The van der Waals surface area contributed by atoms with Crippen LogP contribution in [-0.2, 0) is 18.4 Å². The Labute approximate surface area is 143 Å². The van der Waals surface area contributed by atoms with Gasteiger partial charge in [0, 0.05) is 25.4 Å². The molecule has 0 aliphatic carbocycles. The molecule has 6 nitrogen and oxygen atoms in total. The molecule has 1 heterocycles. The minimum atomic E-state index is -0.418. The number of hydrogen-bond donors (Lipinski definition) is 2. The van der Waals surface area contributed by atoms with E-state index in [0.717, 1.165) is 16.9 Å². The van der Waals surface area contributed by atoms with Gasteiger partial charge < -0.3 is 15.4 Å². The highest BCUT2D eigenvalue weighted by molar-refractivity contribution is 5.83. The van der Waals surface area contributed by atoms with Crippen LogP contribution in [0.3, 0.4) is 0 Å². The lowest BCUT2D eigenvalue weighted by Gasteiger charge is -2.15. The highest BCUT2D eigenvalue weighted by Crippen LogP contribution is 2.15. The number of ether oxygens (including phenoxy) is 1. The number of nitrogens with zero attached hydrogens (tertiary/aromatic N) is 2. The second-order valence-corrected chi connectivity index (χ2v) is 6.24. The van der Waals surface area contributed by atoms with E-state index in [4.69, 9.17) is 4.74 Å².